The van der Waals surface area contributed by atoms with E-state index in [0.717, 1.165) is 0 Å². The van der Waals surface area contributed by atoms with Gasteiger partial charge in [0.15, 0.2) is 0 Å². The van der Waals surface area contributed by atoms with Gasteiger partial charge in [0.2, 0.25) is 0 Å². The largest absolute Gasteiger partial charge is 0.481 e. The highest BCUT2D eigenvalue weighted by atomic mass is 16.4. The van der Waals surface area contributed by atoms with E-state index in [0.29, 0.717) is 0 Å². The summed E-state index contributed by atoms with van der Waals surface area (Å²) in [6.07, 6.45) is -0.224. The van der Waals surface area contributed by atoms with Crippen molar-refractivity contribution in [1.29, 1.82) is 0 Å². The molecular formula is C9H21NO4. The van der Waals surface area contributed by atoms with Crippen LogP contribution in [-0.2, 0) is 9.59 Å². The Hall–Kier alpha value is -1.10. The SMILES string of the molecule is CC.CC.N[C@@H](CCC(=O)O)C(=O)O. The van der Waals surface area contributed by atoms with Crippen LogP contribution in [-0.4, -0.2) is 28.2 Å². The third-order valence-corrected chi connectivity index (χ3v) is 0.986. The molecule has 0 rings (SSSR count). The zero-order chi connectivity index (χ0) is 12.1. The summed E-state index contributed by atoms with van der Waals surface area (Å²) in [5.74, 6) is -2.20. The fourth-order valence-electron chi connectivity index (χ4n) is 0.402. The molecule has 0 fully saturated rings. The van der Waals surface area contributed by atoms with Gasteiger partial charge < -0.3 is 15.9 Å². The monoisotopic (exact) mass is 207 g/mol. The van der Waals surface area contributed by atoms with Gasteiger partial charge in [-0.15, -0.1) is 0 Å². The normalized spacial score (nSPS) is 9.79. The molecule has 0 amide bonds. The third-order valence-electron chi connectivity index (χ3n) is 0.986. The van der Waals surface area contributed by atoms with Gasteiger partial charge in [-0.3, -0.25) is 9.59 Å². The molecule has 0 aromatic rings. The molecule has 0 spiro atoms. The zero-order valence-electron chi connectivity index (χ0n) is 9.28. The fourth-order valence-corrected chi connectivity index (χ4v) is 0.402. The first kappa shape index (κ1) is 18.6. The molecule has 14 heavy (non-hydrogen) atoms. The molecule has 0 aliphatic rings. The Balaban J connectivity index is -0.000000266. The highest BCUT2D eigenvalue weighted by molar-refractivity contribution is 5.74. The van der Waals surface area contributed by atoms with Gasteiger partial charge >= 0.3 is 11.9 Å². The molecule has 0 saturated carbocycles. The van der Waals surface area contributed by atoms with Crippen molar-refractivity contribution >= 4 is 11.9 Å². The molecule has 0 aromatic heterocycles. The number of nitrogens with two attached hydrogens (primary N) is 1. The van der Waals surface area contributed by atoms with Crippen LogP contribution in [0.25, 0.3) is 0 Å². The van der Waals surface area contributed by atoms with E-state index in [9.17, 15) is 9.59 Å². The van der Waals surface area contributed by atoms with Crippen LogP contribution in [0.5, 0.6) is 0 Å². The van der Waals surface area contributed by atoms with Crippen molar-refractivity contribution in [3.05, 3.63) is 0 Å². The van der Waals surface area contributed by atoms with Gasteiger partial charge in [0.05, 0.1) is 0 Å². The summed E-state index contributed by atoms with van der Waals surface area (Å²) in [5, 5.41) is 16.3. The summed E-state index contributed by atoms with van der Waals surface area (Å²) in [6, 6.07) is -1.06. The number of rotatable bonds is 4. The Kier molecular flexibility index (Phi) is 19.2. The molecule has 0 heterocycles. The van der Waals surface area contributed by atoms with Crippen LogP contribution in [0.1, 0.15) is 40.5 Å². The standard InChI is InChI=1S/C5H9NO4.2C2H6/c6-3(5(9)10)1-2-4(7)8;2*1-2/h3H,1-2,6H2,(H,7,8)(H,9,10);2*1-2H3/t3-;;/m0../s1. The van der Waals surface area contributed by atoms with Crippen LogP contribution < -0.4 is 5.73 Å². The van der Waals surface area contributed by atoms with Gasteiger partial charge in [-0.1, -0.05) is 27.7 Å². The first-order valence-electron chi connectivity index (χ1n) is 4.74. The maximum Gasteiger partial charge on any atom is 0.320 e. The summed E-state index contributed by atoms with van der Waals surface area (Å²) >= 11 is 0. The second-order valence-corrected chi connectivity index (χ2v) is 1.88. The van der Waals surface area contributed by atoms with E-state index in [4.69, 9.17) is 15.9 Å². The number of carboxylic acid groups (broad SMARTS) is 2. The van der Waals surface area contributed by atoms with Gasteiger partial charge in [0.25, 0.3) is 0 Å². The van der Waals surface area contributed by atoms with Gasteiger partial charge in [0.1, 0.15) is 6.04 Å². The minimum atomic E-state index is -1.17. The van der Waals surface area contributed by atoms with E-state index in [-0.39, 0.29) is 12.8 Å². The quantitative estimate of drug-likeness (QED) is 0.645. The number of hydrogen-bond donors (Lipinski definition) is 3. The molecule has 86 valence electrons. The van der Waals surface area contributed by atoms with Crippen molar-refractivity contribution in [2.75, 3.05) is 0 Å². The number of hydrogen-bond acceptors (Lipinski definition) is 3. The van der Waals surface area contributed by atoms with E-state index in [1.54, 1.807) is 0 Å². The topological polar surface area (TPSA) is 101 Å². The predicted molar refractivity (Wildman–Crippen MR) is 55.2 cm³/mol. The van der Waals surface area contributed by atoms with Crippen LogP contribution in [0.2, 0.25) is 0 Å². The molecule has 0 bridgehead atoms. The summed E-state index contributed by atoms with van der Waals surface area (Å²) < 4.78 is 0. The lowest BCUT2D eigenvalue weighted by molar-refractivity contribution is -0.139. The smallest absolute Gasteiger partial charge is 0.320 e. The highest BCUT2D eigenvalue weighted by Crippen LogP contribution is 1.93. The molecule has 0 unspecified atom stereocenters. The molecule has 0 radical (unpaired) electrons. The number of carbonyl (C=O) groups is 2. The van der Waals surface area contributed by atoms with Gasteiger partial charge in [-0.25, -0.2) is 0 Å². The Labute approximate surface area is 84.9 Å². The van der Waals surface area contributed by atoms with Crippen molar-refractivity contribution in [2.24, 2.45) is 5.73 Å². The zero-order valence-corrected chi connectivity index (χ0v) is 9.28. The summed E-state index contributed by atoms with van der Waals surface area (Å²) in [5.41, 5.74) is 5.00. The Morgan fingerprint density at radius 3 is 1.71 bits per heavy atom. The van der Waals surface area contributed by atoms with Crippen molar-refractivity contribution in [2.45, 2.75) is 46.6 Å². The summed E-state index contributed by atoms with van der Waals surface area (Å²) in [7, 11) is 0. The molecule has 0 aliphatic carbocycles. The number of carboxylic acids is 2. The molecule has 4 N–H and O–H groups in total. The Morgan fingerprint density at radius 1 is 1.14 bits per heavy atom. The summed E-state index contributed by atoms with van der Waals surface area (Å²) in [4.78, 5) is 19.9. The molecule has 5 heteroatoms. The Bertz CT molecular complexity index is 148. The van der Waals surface area contributed by atoms with E-state index in [1.165, 1.54) is 0 Å². The van der Waals surface area contributed by atoms with Crippen LogP contribution in [0.3, 0.4) is 0 Å². The lowest BCUT2D eigenvalue weighted by Gasteiger charge is -2.01. The molecule has 0 saturated heterocycles. The maximum atomic E-state index is 9.99. The van der Waals surface area contributed by atoms with Crippen LogP contribution in [0.4, 0.5) is 0 Å². The molecule has 1 atom stereocenters. The van der Waals surface area contributed by atoms with Gasteiger partial charge in [-0.2, -0.15) is 0 Å². The first-order chi connectivity index (χ1) is 6.54. The summed E-state index contributed by atoms with van der Waals surface area (Å²) in [6.45, 7) is 8.00. The van der Waals surface area contributed by atoms with Crippen LogP contribution in [0.15, 0.2) is 0 Å². The Morgan fingerprint density at radius 2 is 1.50 bits per heavy atom. The second-order valence-electron chi connectivity index (χ2n) is 1.88. The predicted octanol–water partition coefficient (Wildman–Crippen LogP) is 1.32. The minimum absolute atomic E-state index is 0.0231. The lowest BCUT2D eigenvalue weighted by Crippen LogP contribution is -2.30. The number of aliphatic carboxylic acids is 2. The maximum absolute atomic E-state index is 9.99. The van der Waals surface area contributed by atoms with E-state index in [1.807, 2.05) is 27.7 Å². The molecule has 5 nitrogen and oxygen atoms in total. The van der Waals surface area contributed by atoms with E-state index >= 15 is 0 Å². The molecular weight excluding hydrogens is 186 g/mol. The first-order valence-corrected chi connectivity index (χ1v) is 4.74. The van der Waals surface area contributed by atoms with Gasteiger partial charge in [-0.05, 0) is 6.42 Å². The van der Waals surface area contributed by atoms with Crippen molar-refractivity contribution in [3.8, 4) is 0 Å². The van der Waals surface area contributed by atoms with Crippen LogP contribution >= 0.6 is 0 Å². The van der Waals surface area contributed by atoms with Crippen molar-refractivity contribution < 1.29 is 19.8 Å². The third kappa shape index (κ3) is 17.1. The van der Waals surface area contributed by atoms with Crippen LogP contribution in [0, 0.1) is 0 Å². The van der Waals surface area contributed by atoms with E-state index < -0.39 is 18.0 Å². The average Bonchev–Trinajstić information content (AvgIpc) is 2.20. The van der Waals surface area contributed by atoms with E-state index in [2.05, 4.69) is 0 Å². The minimum Gasteiger partial charge on any atom is -0.481 e. The lowest BCUT2D eigenvalue weighted by atomic mass is 10.2. The van der Waals surface area contributed by atoms with Gasteiger partial charge in [0, 0.05) is 6.42 Å². The highest BCUT2D eigenvalue weighted by Gasteiger charge is 2.12. The van der Waals surface area contributed by atoms with Crippen molar-refractivity contribution in [3.63, 3.8) is 0 Å². The molecule has 0 aromatic carbocycles. The second kappa shape index (κ2) is 14.4. The average molecular weight is 207 g/mol. The fraction of sp³-hybridized carbons (Fsp3) is 0.778. The van der Waals surface area contributed by atoms with Crippen molar-refractivity contribution in [1.82, 2.24) is 0 Å². The molecule has 0 aliphatic heterocycles.